The highest BCUT2D eigenvalue weighted by atomic mass is 32.1. The Hall–Kier alpha value is -3.34. The predicted octanol–water partition coefficient (Wildman–Crippen LogP) is 12.9. The van der Waals surface area contributed by atoms with E-state index in [1.165, 1.54) is 77.1 Å². The first kappa shape index (κ1) is 34.5. The van der Waals surface area contributed by atoms with E-state index in [0.29, 0.717) is 17.8 Å². The van der Waals surface area contributed by atoms with Crippen molar-refractivity contribution in [2.45, 2.75) is 99.7 Å². The molecule has 0 saturated heterocycles. The summed E-state index contributed by atoms with van der Waals surface area (Å²) in [6.45, 7) is 26.0. The highest BCUT2D eigenvalue weighted by molar-refractivity contribution is 7.26. The van der Waals surface area contributed by atoms with Gasteiger partial charge in [-0.25, -0.2) is 9.97 Å². The van der Waals surface area contributed by atoms with Crippen molar-refractivity contribution in [1.29, 1.82) is 0 Å². The summed E-state index contributed by atoms with van der Waals surface area (Å²) in [5.41, 5.74) is 10.2. The third kappa shape index (κ3) is 6.51. The lowest BCUT2D eigenvalue weighted by atomic mass is 9.84. The van der Waals surface area contributed by atoms with Crippen LogP contribution in [0.2, 0.25) is 18.1 Å². The fourth-order valence-electron chi connectivity index (χ4n) is 8.51. The van der Waals surface area contributed by atoms with E-state index in [9.17, 15) is 0 Å². The molecule has 6 rings (SSSR count). The molecule has 0 saturated carbocycles. The average molecular weight is 671 g/mol. The molecule has 0 bridgehead atoms. The number of fused-ring (bicyclic) bond motifs is 4. The smallest absolute Gasteiger partial charge is 0.116 e. The van der Waals surface area contributed by atoms with Crippen LogP contribution >= 0.6 is 11.3 Å². The summed E-state index contributed by atoms with van der Waals surface area (Å²) < 4.78 is 2.50. The molecule has 250 valence electrons. The maximum absolute atomic E-state index is 5.06. The van der Waals surface area contributed by atoms with Gasteiger partial charge in [-0.15, -0.1) is 11.3 Å². The first-order valence-electron chi connectivity index (χ1n) is 18.0. The second-order valence-electron chi connectivity index (χ2n) is 16.7. The van der Waals surface area contributed by atoms with E-state index in [0.717, 1.165) is 11.2 Å². The summed E-state index contributed by atoms with van der Waals surface area (Å²) in [7, 11) is -1.90. The van der Waals surface area contributed by atoms with E-state index in [-0.39, 0.29) is 5.41 Å². The lowest BCUT2D eigenvalue weighted by Gasteiger charge is -2.38. The molecule has 4 heteroatoms. The topological polar surface area (TPSA) is 25.8 Å². The summed E-state index contributed by atoms with van der Waals surface area (Å²) in [6.07, 6.45) is 1.79. The zero-order valence-electron chi connectivity index (χ0n) is 31.1. The molecule has 0 aliphatic carbocycles. The SMILES string of the molecule is Cc1cc(C(C)(C)C)ccc1-c1ccc2c(sc3c(-c4cc([Si](CC(C)C)(CC(C)C)CC(C)C)c5ccccc5c4)ncnc32)c1C. The molecule has 2 nitrogen and oxygen atoms in total. The zero-order valence-corrected chi connectivity index (χ0v) is 32.9. The molecule has 48 heavy (non-hydrogen) atoms. The third-order valence-electron chi connectivity index (χ3n) is 10.2. The number of nitrogens with zero attached hydrogens (tertiary/aromatic N) is 2. The molecule has 0 fully saturated rings. The third-order valence-corrected chi connectivity index (χ3v) is 17.8. The molecule has 2 aromatic heterocycles. The standard InChI is InChI=1S/C44H54N2SSi/c1-27(2)23-48(24-28(3)4,25-29(5)6)39-22-33(21-32-14-12-13-15-37(32)39)40-43-41(46-26-45-40)38-19-18-36(31(8)42(38)47-43)35-17-16-34(20-30(35)7)44(9,10)11/h12-22,26-29H,23-25H2,1-11H3. The van der Waals surface area contributed by atoms with Gasteiger partial charge in [-0.3, -0.25) is 0 Å². The molecule has 2 heterocycles. The quantitative estimate of drug-likeness (QED) is 0.143. The van der Waals surface area contributed by atoms with Gasteiger partial charge < -0.3 is 0 Å². The average Bonchev–Trinajstić information content (AvgIpc) is 3.39. The zero-order chi connectivity index (χ0) is 34.5. The molecule has 0 N–H and O–H groups in total. The number of aromatic nitrogens is 2. The van der Waals surface area contributed by atoms with Crippen LogP contribution in [0.25, 0.3) is 53.5 Å². The van der Waals surface area contributed by atoms with Crippen LogP contribution in [0, 0.1) is 31.6 Å². The van der Waals surface area contributed by atoms with E-state index in [2.05, 4.69) is 143 Å². The maximum atomic E-state index is 5.06. The molecule has 0 aliphatic heterocycles. The Balaban J connectivity index is 1.57. The Morgan fingerprint density at radius 3 is 1.96 bits per heavy atom. The Labute approximate surface area is 294 Å². The Morgan fingerprint density at radius 2 is 1.33 bits per heavy atom. The Bertz CT molecular complexity index is 2080. The van der Waals surface area contributed by atoms with E-state index >= 15 is 0 Å². The van der Waals surface area contributed by atoms with E-state index < -0.39 is 8.07 Å². The van der Waals surface area contributed by atoms with Gasteiger partial charge in [-0.05, 0) is 81.7 Å². The molecule has 6 aromatic rings. The van der Waals surface area contributed by atoms with Crippen LogP contribution in [-0.4, -0.2) is 18.0 Å². The van der Waals surface area contributed by atoms with E-state index in [1.54, 1.807) is 11.5 Å². The molecule has 0 spiro atoms. The van der Waals surface area contributed by atoms with Gasteiger partial charge in [0.05, 0.1) is 24.0 Å². The number of benzene rings is 4. The Morgan fingerprint density at radius 1 is 0.688 bits per heavy atom. The maximum Gasteiger partial charge on any atom is 0.116 e. The number of hydrogen-bond acceptors (Lipinski definition) is 3. The van der Waals surface area contributed by atoms with Crippen molar-refractivity contribution in [3.8, 4) is 22.4 Å². The highest BCUT2D eigenvalue weighted by Gasteiger charge is 2.38. The molecule has 0 unspecified atom stereocenters. The highest BCUT2D eigenvalue weighted by Crippen LogP contribution is 2.43. The minimum Gasteiger partial charge on any atom is -0.235 e. The summed E-state index contributed by atoms with van der Waals surface area (Å²) in [6, 6.07) is 29.6. The molecule has 0 amide bonds. The number of aryl methyl sites for hydroxylation is 2. The minimum atomic E-state index is -1.90. The predicted molar refractivity (Wildman–Crippen MR) is 216 cm³/mol. The molecule has 0 radical (unpaired) electrons. The second kappa shape index (κ2) is 13.2. The minimum absolute atomic E-state index is 0.131. The van der Waals surface area contributed by atoms with Crippen molar-refractivity contribution < 1.29 is 0 Å². The van der Waals surface area contributed by atoms with Gasteiger partial charge in [0.2, 0.25) is 0 Å². The van der Waals surface area contributed by atoms with Crippen LogP contribution in [0.15, 0.2) is 73.1 Å². The van der Waals surface area contributed by atoms with Crippen molar-refractivity contribution in [3.63, 3.8) is 0 Å². The molecule has 4 aromatic carbocycles. The van der Waals surface area contributed by atoms with Gasteiger partial charge in [-0.2, -0.15) is 0 Å². The summed E-state index contributed by atoms with van der Waals surface area (Å²) in [4.78, 5) is 9.97. The summed E-state index contributed by atoms with van der Waals surface area (Å²) in [5.74, 6) is 1.99. The number of thiophene rings is 1. The summed E-state index contributed by atoms with van der Waals surface area (Å²) >= 11 is 1.87. The van der Waals surface area contributed by atoms with Crippen molar-refractivity contribution in [2.24, 2.45) is 17.8 Å². The van der Waals surface area contributed by atoms with Gasteiger partial charge in [0.15, 0.2) is 0 Å². The first-order valence-corrected chi connectivity index (χ1v) is 21.4. The lowest BCUT2D eigenvalue weighted by Crippen LogP contribution is -2.51. The molecular weight excluding hydrogens is 617 g/mol. The lowest BCUT2D eigenvalue weighted by molar-refractivity contribution is 0.590. The van der Waals surface area contributed by atoms with Crippen LogP contribution in [0.4, 0.5) is 0 Å². The molecular formula is C44H54N2SSi. The Kier molecular flexibility index (Phi) is 9.47. The van der Waals surface area contributed by atoms with Crippen molar-refractivity contribution in [1.82, 2.24) is 9.97 Å². The largest absolute Gasteiger partial charge is 0.235 e. The van der Waals surface area contributed by atoms with Gasteiger partial charge in [0.25, 0.3) is 0 Å². The van der Waals surface area contributed by atoms with Gasteiger partial charge >= 0.3 is 0 Å². The fourth-order valence-corrected chi connectivity index (χ4v) is 16.9. The molecule has 0 aliphatic rings. The van der Waals surface area contributed by atoms with Gasteiger partial charge in [0.1, 0.15) is 6.33 Å². The van der Waals surface area contributed by atoms with Crippen LogP contribution in [0.3, 0.4) is 0 Å². The first-order chi connectivity index (χ1) is 22.7. The van der Waals surface area contributed by atoms with Crippen LogP contribution in [0.1, 0.15) is 79.0 Å². The van der Waals surface area contributed by atoms with Crippen LogP contribution < -0.4 is 5.19 Å². The van der Waals surface area contributed by atoms with E-state index in [1.807, 2.05) is 11.3 Å². The summed E-state index contributed by atoms with van der Waals surface area (Å²) in [5, 5.41) is 5.64. The fraction of sp³-hybridized carbons (Fsp3) is 0.409. The van der Waals surface area contributed by atoms with Crippen molar-refractivity contribution in [2.75, 3.05) is 0 Å². The number of hydrogen-bond donors (Lipinski definition) is 0. The number of rotatable bonds is 9. The van der Waals surface area contributed by atoms with E-state index in [4.69, 9.17) is 9.97 Å². The van der Waals surface area contributed by atoms with Gasteiger partial charge in [-0.1, -0.05) is 146 Å². The van der Waals surface area contributed by atoms with Crippen LogP contribution in [0.5, 0.6) is 0 Å². The van der Waals surface area contributed by atoms with Crippen molar-refractivity contribution in [3.05, 3.63) is 89.7 Å². The van der Waals surface area contributed by atoms with Crippen molar-refractivity contribution >= 4 is 55.7 Å². The normalized spacial score (nSPS) is 12.9. The van der Waals surface area contributed by atoms with Gasteiger partial charge in [0, 0.05) is 15.6 Å². The molecule has 0 atom stereocenters. The second-order valence-corrected chi connectivity index (χ2v) is 22.1. The monoisotopic (exact) mass is 670 g/mol. The van der Waals surface area contributed by atoms with Crippen LogP contribution in [-0.2, 0) is 5.41 Å².